The molecule has 0 fully saturated rings. The average molecular weight is 377 g/mol. The Balaban J connectivity index is 2.06. The van der Waals surface area contributed by atoms with E-state index >= 15 is 0 Å². The number of hydrogen-bond acceptors (Lipinski definition) is 4. The van der Waals surface area contributed by atoms with Gasteiger partial charge in [0.15, 0.2) is 5.15 Å². The number of hydrogen-bond donors (Lipinski definition) is 1. The summed E-state index contributed by atoms with van der Waals surface area (Å²) >= 11 is 9.06. The van der Waals surface area contributed by atoms with Crippen LogP contribution >= 0.6 is 27.5 Å². The summed E-state index contributed by atoms with van der Waals surface area (Å²) in [6.45, 7) is 0. The first kappa shape index (κ1) is 15.2. The van der Waals surface area contributed by atoms with E-state index in [1.54, 1.807) is 24.4 Å². The molecule has 0 atom stereocenters. The zero-order valence-electron chi connectivity index (χ0n) is 10.3. The second-order valence-corrected chi connectivity index (χ2v) is 7.10. The van der Waals surface area contributed by atoms with Crippen LogP contribution in [0.25, 0.3) is 0 Å². The van der Waals surface area contributed by atoms with Gasteiger partial charge < -0.3 is 0 Å². The van der Waals surface area contributed by atoms with Gasteiger partial charge in [-0.3, -0.25) is 9.71 Å². The largest absolute Gasteiger partial charge is 0.280 e. The van der Waals surface area contributed by atoms with Gasteiger partial charge in [-0.1, -0.05) is 17.7 Å². The van der Waals surface area contributed by atoms with Crippen molar-refractivity contribution in [3.63, 3.8) is 0 Å². The predicted octanol–water partition coefficient (Wildman–Crippen LogP) is 2.88. The van der Waals surface area contributed by atoms with E-state index in [4.69, 9.17) is 11.6 Å². The van der Waals surface area contributed by atoms with Crippen molar-refractivity contribution in [2.45, 2.75) is 6.42 Å². The number of sulfonamides is 1. The topological polar surface area (TPSA) is 72.0 Å². The Labute approximate surface area is 130 Å². The number of aromatic nitrogens is 2. The van der Waals surface area contributed by atoms with E-state index in [2.05, 4.69) is 30.6 Å². The predicted molar refractivity (Wildman–Crippen MR) is 82.3 cm³/mol. The van der Waals surface area contributed by atoms with Crippen LogP contribution in [0.2, 0.25) is 5.15 Å². The third-order valence-electron chi connectivity index (χ3n) is 2.42. The van der Waals surface area contributed by atoms with E-state index < -0.39 is 10.0 Å². The average Bonchev–Trinajstić information content (AvgIpc) is 2.42. The van der Waals surface area contributed by atoms with E-state index in [0.717, 1.165) is 5.69 Å². The van der Waals surface area contributed by atoms with Gasteiger partial charge in [0.2, 0.25) is 10.0 Å². The van der Waals surface area contributed by atoms with Crippen LogP contribution in [0.15, 0.2) is 41.1 Å². The molecule has 2 heterocycles. The van der Waals surface area contributed by atoms with E-state index in [0.29, 0.717) is 10.9 Å². The lowest BCUT2D eigenvalue weighted by molar-refractivity contribution is 0.600. The lowest BCUT2D eigenvalue weighted by Crippen LogP contribution is -2.19. The molecule has 5 nitrogen and oxygen atoms in total. The highest BCUT2D eigenvalue weighted by Gasteiger charge is 2.14. The molecule has 0 spiro atoms. The SMILES string of the molecule is O=S(=O)(CCc1ccccn1)Nc1cc(Br)cnc1Cl. The first-order valence-corrected chi connectivity index (χ1v) is 8.50. The smallest absolute Gasteiger partial charge is 0.233 e. The van der Waals surface area contributed by atoms with Gasteiger partial charge >= 0.3 is 0 Å². The summed E-state index contributed by atoms with van der Waals surface area (Å²) in [7, 11) is -3.51. The fourth-order valence-corrected chi connectivity index (χ4v) is 3.11. The molecule has 0 amide bonds. The van der Waals surface area contributed by atoms with Crippen molar-refractivity contribution < 1.29 is 8.42 Å². The zero-order valence-corrected chi connectivity index (χ0v) is 13.4. The molecular formula is C12H11BrClN3O2S. The Morgan fingerprint density at radius 2 is 2.10 bits per heavy atom. The van der Waals surface area contributed by atoms with Crippen molar-refractivity contribution in [1.29, 1.82) is 0 Å². The Morgan fingerprint density at radius 1 is 1.30 bits per heavy atom. The third kappa shape index (κ3) is 4.43. The molecular weight excluding hydrogens is 366 g/mol. The summed E-state index contributed by atoms with van der Waals surface area (Å²) in [5.41, 5.74) is 0.971. The zero-order chi connectivity index (χ0) is 14.6. The monoisotopic (exact) mass is 375 g/mol. The number of nitrogens with zero attached hydrogens (tertiary/aromatic N) is 2. The van der Waals surface area contributed by atoms with Gasteiger partial charge in [0.05, 0.1) is 11.4 Å². The van der Waals surface area contributed by atoms with Gasteiger partial charge in [-0.15, -0.1) is 0 Å². The minimum Gasteiger partial charge on any atom is -0.280 e. The van der Waals surface area contributed by atoms with E-state index in [1.807, 2.05) is 6.07 Å². The normalized spacial score (nSPS) is 11.3. The van der Waals surface area contributed by atoms with E-state index in [9.17, 15) is 8.42 Å². The molecule has 2 aromatic rings. The van der Waals surface area contributed by atoms with E-state index in [1.165, 1.54) is 6.20 Å². The summed E-state index contributed by atoms with van der Waals surface area (Å²) < 4.78 is 27.1. The van der Waals surface area contributed by atoms with Gasteiger partial charge in [0, 0.05) is 29.0 Å². The number of nitrogens with one attached hydrogen (secondary N) is 1. The fourth-order valence-electron chi connectivity index (χ4n) is 1.50. The third-order valence-corrected chi connectivity index (χ3v) is 4.43. The summed E-state index contributed by atoms with van der Waals surface area (Å²) in [4.78, 5) is 7.94. The van der Waals surface area contributed by atoms with Gasteiger partial charge in [0.25, 0.3) is 0 Å². The lowest BCUT2D eigenvalue weighted by Gasteiger charge is -2.09. The number of aryl methyl sites for hydroxylation is 1. The first-order chi connectivity index (χ1) is 9.46. The van der Waals surface area contributed by atoms with Crippen LogP contribution in [0.4, 0.5) is 5.69 Å². The molecule has 0 unspecified atom stereocenters. The highest BCUT2D eigenvalue weighted by atomic mass is 79.9. The Morgan fingerprint density at radius 3 is 2.80 bits per heavy atom. The van der Waals surface area contributed by atoms with Crippen LogP contribution in [0.5, 0.6) is 0 Å². The van der Waals surface area contributed by atoms with Crippen molar-refractivity contribution in [3.05, 3.63) is 52.0 Å². The van der Waals surface area contributed by atoms with Crippen LogP contribution in [-0.4, -0.2) is 24.1 Å². The molecule has 0 aromatic carbocycles. The Bertz CT molecular complexity index is 695. The summed E-state index contributed by atoms with van der Waals surface area (Å²) in [6, 6.07) is 6.94. The van der Waals surface area contributed by atoms with Crippen LogP contribution in [0, 0.1) is 0 Å². The van der Waals surface area contributed by atoms with E-state index in [-0.39, 0.29) is 16.6 Å². The molecule has 106 valence electrons. The minimum atomic E-state index is -3.51. The van der Waals surface area contributed by atoms with Crippen molar-refractivity contribution >= 4 is 43.2 Å². The molecule has 0 saturated carbocycles. The van der Waals surface area contributed by atoms with Crippen LogP contribution in [0.3, 0.4) is 0 Å². The molecule has 0 aliphatic carbocycles. The van der Waals surface area contributed by atoms with Gasteiger partial charge in [-0.05, 0) is 34.1 Å². The van der Waals surface area contributed by atoms with Crippen molar-refractivity contribution in [2.24, 2.45) is 0 Å². The van der Waals surface area contributed by atoms with Gasteiger partial charge in [-0.25, -0.2) is 13.4 Å². The van der Waals surface area contributed by atoms with Crippen molar-refractivity contribution in [3.8, 4) is 0 Å². The maximum atomic E-state index is 12.0. The summed E-state index contributed by atoms with van der Waals surface area (Å²) in [5.74, 6) is -0.0765. The lowest BCUT2D eigenvalue weighted by atomic mass is 10.3. The molecule has 0 aliphatic heterocycles. The minimum absolute atomic E-state index is 0.0765. The molecule has 20 heavy (non-hydrogen) atoms. The van der Waals surface area contributed by atoms with Gasteiger partial charge in [0.1, 0.15) is 0 Å². The van der Waals surface area contributed by atoms with Crippen LogP contribution < -0.4 is 4.72 Å². The summed E-state index contributed by atoms with van der Waals surface area (Å²) in [5, 5.41) is 0.106. The quantitative estimate of drug-likeness (QED) is 0.815. The molecule has 0 aliphatic rings. The second kappa shape index (κ2) is 6.51. The van der Waals surface area contributed by atoms with Crippen molar-refractivity contribution in [2.75, 3.05) is 10.5 Å². The molecule has 1 N–H and O–H groups in total. The molecule has 2 rings (SSSR count). The number of anilines is 1. The first-order valence-electron chi connectivity index (χ1n) is 5.68. The maximum absolute atomic E-state index is 12.0. The summed E-state index contributed by atoms with van der Waals surface area (Å²) in [6.07, 6.45) is 3.45. The standard InChI is InChI=1S/C12H11BrClN3O2S/c13-9-7-11(12(14)16-8-9)17-20(18,19)6-4-10-3-1-2-5-15-10/h1-3,5,7-8,17H,4,6H2. The van der Waals surface area contributed by atoms with Gasteiger partial charge in [-0.2, -0.15) is 0 Å². The molecule has 0 bridgehead atoms. The maximum Gasteiger partial charge on any atom is 0.233 e. The second-order valence-electron chi connectivity index (χ2n) is 3.98. The Hall–Kier alpha value is -1.18. The number of rotatable bonds is 5. The Kier molecular flexibility index (Phi) is 4.95. The molecule has 2 aromatic heterocycles. The molecule has 8 heteroatoms. The number of pyridine rings is 2. The van der Waals surface area contributed by atoms with Crippen molar-refractivity contribution in [1.82, 2.24) is 9.97 Å². The van der Waals surface area contributed by atoms with Crippen LogP contribution in [0.1, 0.15) is 5.69 Å². The molecule has 0 saturated heterocycles. The highest BCUT2D eigenvalue weighted by molar-refractivity contribution is 9.10. The molecule has 0 radical (unpaired) electrons. The van der Waals surface area contributed by atoms with Crippen LogP contribution in [-0.2, 0) is 16.4 Å². The highest BCUT2D eigenvalue weighted by Crippen LogP contribution is 2.24. The fraction of sp³-hybridized carbons (Fsp3) is 0.167. The number of halogens is 2.